The summed E-state index contributed by atoms with van der Waals surface area (Å²) in [6, 6.07) is 9.66. The van der Waals surface area contributed by atoms with Crippen LogP contribution in [0.1, 0.15) is 19.3 Å². The Balaban J connectivity index is 1.88. The van der Waals surface area contributed by atoms with E-state index in [-0.39, 0.29) is 0 Å². The first-order chi connectivity index (χ1) is 7.79. The molecule has 0 saturated carbocycles. The maximum Gasteiger partial charge on any atom is 0.119 e. The Bertz CT molecular complexity index is 305. The van der Waals surface area contributed by atoms with E-state index in [9.17, 15) is 5.11 Å². The fourth-order valence-corrected chi connectivity index (χ4v) is 1.99. The number of para-hydroxylation sites is 1. The van der Waals surface area contributed by atoms with Gasteiger partial charge in [0.15, 0.2) is 0 Å². The second-order valence-electron chi connectivity index (χ2n) is 4.43. The van der Waals surface area contributed by atoms with E-state index in [0.717, 1.165) is 38.1 Å². The van der Waals surface area contributed by atoms with E-state index in [1.165, 1.54) is 0 Å². The van der Waals surface area contributed by atoms with Crippen molar-refractivity contribution in [3.63, 3.8) is 0 Å². The normalized spacial score (nSPS) is 26.1. The van der Waals surface area contributed by atoms with E-state index < -0.39 is 5.60 Å². The highest BCUT2D eigenvalue weighted by Crippen LogP contribution is 2.21. The first-order valence-corrected chi connectivity index (χ1v) is 5.89. The van der Waals surface area contributed by atoms with Crippen molar-refractivity contribution in [2.24, 2.45) is 0 Å². The molecule has 0 aliphatic carbocycles. The Hall–Kier alpha value is -1.06. The molecule has 1 aliphatic rings. The summed E-state index contributed by atoms with van der Waals surface area (Å²) in [4.78, 5) is 0. The molecular formula is C13H19NO2. The van der Waals surface area contributed by atoms with E-state index in [1.54, 1.807) is 0 Å². The van der Waals surface area contributed by atoms with Gasteiger partial charge in [0.25, 0.3) is 0 Å². The minimum atomic E-state index is -0.667. The molecule has 16 heavy (non-hydrogen) atoms. The van der Waals surface area contributed by atoms with Gasteiger partial charge in [-0.3, -0.25) is 0 Å². The minimum Gasteiger partial charge on any atom is -0.491 e. The maximum absolute atomic E-state index is 10.3. The van der Waals surface area contributed by atoms with Gasteiger partial charge < -0.3 is 15.2 Å². The van der Waals surface area contributed by atoms with E-state index in [4.69, 9.17) is 4.74 Å². The molecule has 3 heteroatoms. The second-order valence-corrected chi connectivity index (χ2v) is 4.43. The smallest absolute Gasteiger partial charge is 0.119 e. The summed E-state index contributed by atoms with van der Waals surface area (Å²) in [5, 5.41) is 13.6. The highest BCUT2D eigenvalue weighted by atomic mass is 16.5. The average Bonchev–Trinajstić information content (AvgIpc) is 2.54. The van der Waals surface area contributed by atoms with Crippen molar-refractivity contribution in [2.45, 2.75) is 24.9 Å². The number of hydrogen-bond acceptors (Lipinski definition) is 3. The summed E-state index contributed by atoms with van der Waals surface area (Å²) < 4.78 is 5.63. The molecule has 0 radical (unpaired) electrons. The molecule has 1 saturated heterocycles. The van der Waals surface area contributed by atoms with Gasteiger partial charge in [-0.1, -0.05) is 18.2 Å². The third kappa shape index (κ3) is 3.22. The molecule has 2 rings (SSSR count). The number of ether oxygens (including phenoxy) is 1. The van der Waals surface area contributed by atoms with Gasteiger partial charge in [-0.05, 0) is 44.5 Å². The van der Waals surface area contributed by atoms with Crippen LogP contribution in [0.3, 0.4) is 0 Å². The Labute approximate surface area is 96.4 Å². The molecule has 1 heterocycles. The lowest BCUT2D eigenvalue weighted by Crippen LogP contribution is -2.36. The molecular weight excluding hydrogens is 202 g/mol. The third-order valence-electron chi connectivity index (χ3n) is 3.01. The van der Waals surface area contributed by atoms with Crippen molar-refractivity contribution >= 4 is 0 Å². The lowest BCUT2D eigenvalue weighted by molar-refractivity contribution is -0.0147. The molecule has 1 atom stereocenters. The Kier molecular flexibility index (Phi) is 3.80. The Morgan fingerprint density at radius 1 is 1.19 bits per heavy atom. The highest BCUT2D eigenvalue weighted by Gasteiger charge is 2.28. The van der Waals surface area contributed by atoms with Crippen LogP contribution in [0.2, 0.25) is 0 Å². The van der Waals surface area contributed by atoms with Gasteiger partial charge >= 0.3 is 0 Å². The molecule has 0 aromatic heterocycles. The standard InChI is InChI=1S/C13H19NO2/c15-13(7-4-9-14-10-8-13)11-16-12-5-2-1-3-6-12/h1-3,5-6,14-15H,4,7-11H2/t13-/m1/s1. The summed E-state index contributed by atoms with van der Waals surface area (Å²) >= 11 is 0. The van der Waals surface area contributed by atoms with E-state index in [2.05, 4.69) is 5.32 Å². The molecule has 1 aromatic rings. The molecule has 1 fully saturated rings. The van der Waals surface area contributed by atoms with Crippen molar-refractivity contribution in [3.05, 3.63) is 30.3 Å². The number of nitrogens with one attached hydrogen (secondary N) is 1. The van der Waals surface area contributed by atoms with Crippen molar-refractivity contribution < 1.29 is 9.84 Å². The van der Waals surface area contributed by atoms with Crippen LogP contribution >= 0.6 is 0 Å². The zero-order valence-electron chi connectivity index (χ0n) is 9.48. The lowest BCUT2D eigenvalue weighted by atomic mass is 9.96. The summed E-state index contributed by atoms with van der Waals surface area (Å²) in [6.07, 6.45) is 2.58. The molecule has 0 amide bonds. The molecule has 2 N–H and O–H groups in total. The molecule has 3 nitrogen and oxygen atoms in total. The molecule has 88 valence electrons. The van der Waals surface area contributed by atoms with Gasteiger partial charge in [0.05, 0.1) is 5.60 Å². The van der Waals surface area contributed by atoms with Crippen molar-refractivity contribution in [2.75, 3.05) is 19.7 Å². The Morgan fingerprint density at radius 3 is 2.81 bits per heavy atom. The zero-order chi connectivity index (χ0) is 11.3. The van der Waals surface area contributed by atoms with E-state index in [0.29, 0.717) is 6.61 Å². The summed E-state index contributed by atoms with van der Waals surface area (Å²) in [7, 11) is 0. The van der Waals surface area contributed by atoms with Crippen molar-refractivity contribution in [1.29, 1.82) is 0 Å². The monoisotopic (exact) mass is 221 g/mol. The van der Waals surface area contributed by atoms with Crippen LogP contribution in [0.15, 0.2) is 30.3 Å². The van der Waals surface area contributed by atoms with E-state index in [1.807, 2.05) is 30.3 Å². The fourth-order valence-electron chi connectivity index (χ4n) is 1.99. The molecule has 0 spiro atoms. The van der Waals surface area contributed by atoms with Crippen LogP contribution < -0.4 is 10.1 Å². The summed E-state index contributed by atoms with van der Waals surface area (Å²) in [6.45, 7) is 2.25. The summed E-state index contributed by atoms with van der Waals surface area (Å²) in [5.41, 5.74) is -0.667. The number of aliphatic hydroxyl groups is 1. The van der Waals surface area contributed by atoms with Crippen LogP contribution in [0.5, 0.6) is 5.75 Å². The topological polar surface area (TPSA) is 41.5 Å². The fraction of sp³-hybridized carbons (Fsp3) is 0.538. The van der Waals surface area contributed by atoms with Crippen LogP contribution in [0, 0.1) is 0 Å². The second kappa shape index (κ2) is 5.32. The number of hydrogen-bond donors (Lipinski definition) is 2. The maximum atomic E-state index is 10.3. The first-order valence-electron chi connectivity index (χ1n) is 5.89. The van der Waals surface area contributed by atoms with Crippen LogP contribution in [0.4, 0.5) is 0 Å². The minimum absolute atomic E-state index is 0.388. The van der Waals surface area contributed by atoms with Gasteiger partial charge in [0, 0.05) is 0 Å². The van der Waals surface area contributed by atoms with Gasteiger partial charge in [0.2, 0.25) is 0 Å². The predicted octanol–water partition coefficient (Wildman–Crippen LogP) is 1.57. The summed E-state index contributed by atoms with van der Waals surface area (Å²) in [5.74, 6) is 0.827. The quantitative estimate of drug-likeness (QED) is 0.814. The van der Waals surface area contributed by atoms with Gasteiger partial charge in [-0.15, -0.1) is 0 Å². The molecule has 0 bridgehead atoms. The van der Waals surface area contributed by atoms with Gasteiger partial charge in [-0.2, -0.15) is 0 Å². The van der Waals surface area contributed by atoms with Gasteiger partial charge in [0.1, 0.15) is 12.4 Å². The number of benzene rings is 1. The van der Waals surface area contributed by atoms with Crippen molar-refractivity contribution in [1.82, 2.24) is 5.32 Å². The SMILES string of the molecule is O[C@]1(COc2ccccc2)CCCNCC1. The molecule has 1 aliphatic heterocycles. The lowest BCUT2D eigenvalue weighted by Gasteiger charge is -2.26. The predicted molar refractivity (Wildman–Crippen MR) is 63.6 cm³/mol. The van der Waals surface area contributed by atoms with Gasteiger partial charge in [-0.25, -0.2) is 0 Å². The number of rotatable bonds is 3. The molecule has 1 aromatic carbocycles. The zero-order valence-corrected chi connectivity index (χ0v) is 9.48. The highest BCUT2D eigenvalue weighted by molar-refractivity contribution is 5.21. The van der Waals surface area contributed by atoms with Crippen LogP contribution in [-0.2, 0) is 0 Å². The largest absolute Gasteiger partial charge is 0.491 e. The average molecular weight is 221 g/mol. The van der Waals surface area contributed by atoms with Crippen molar-refractivity contribution in [3.8, 4) is 5.75 Å². The molecule has 0 unspecified atom stereocenters. The third-order valence-corrected chi connectivity index (χ3v) is 3.01. The first kappa shape index (κ1) is 11.4. The van der Waals surface area contributed by atoms with Crippen LogP contribution in [-0.4, -0.2) is 30.4 Å². The van der Waals surface area contributed by atoms with E-state index >= 15 is 0 Å². The Morgan fingerprint density at radius 2 is 2.00 bits per heavy atom. The van der Waals surface area contributed by atoms with Crippen LogP contribution in [0.25, 0.3) is 0 Å².